The Morgan fingerprint density at radius 3 is 2.52 bits per heavy atom. The second-order valence-corrected chi connectivity index (χ2v) is 6.69. The Morgan fingerprint density at radius 2 is 1.86 bits per heavy atom. The van der Waals surface area contributed by atoms with Crippen LogP contribution in [0.15, 0.2) is 42.5 Å². The average molecular weight is 296 g/mol. The van der Waals surface area contributed by atoms with Crippen molar-refractivity contribution in [3.63, 3.8) is 0 Å². The van der Waals surface area contributed by atoms with Crippen molar-refractivity contribution >= 4 is 22.1 Å². The van der Waals surface area contributed by atoms with Gasteiger partial charge in [0.2, 0.25) is 0 Å². The molecule has 0 saturated heterocycles. The van der Waals surface area contributed by atoms with E-state index in [1.165, 1.54) is 26.2 Å². The molecule has 3 rings (SSSR count). The maximum absolute atomic E-state index is 4.66. The molecule has 0 bridgehead atoms. The van der Waals surface area contributed by atoms with Crippen molar-refractivity contribution in [1.29, 1.82) is 0 Å². The second-order valence-electron chi connectivity index (χ2n) is 5.40. The summed E-state index contributed by atoms with van der Waals surface area (Å²) in [5.74, 6) is 0. The lowest BCUT2D eigenvalue weighted by molar-refractivity contribution is 0.590. The molecule has 21 heavy (non-hydrogen) atoms. The van der Waals surface area contributed by atoms with Crippen LogP contribution in [0.1, 0.15) is 27.2 Å². The van der Waals surface area contributed by atoms with Crippen LogP contribution in [0.5, 0.6) is 0 Å². The number of aryl methyl sites for hydroxylation is 2. The summed E-state index contributed by atoms with van der Waals surface area (Å²) >= 11 is 1.81. The van der Waals surface area contributed by atoms with Gasteiger partial charge >= 0.3 is 0 Å². The Balaban J connectivity index is 1.90. The van der Waals surface area contributed by atoms with Gasteiger partial charge in [0.05, 0.1) is 10.7 Å². The van der Waals surface area contributed by atoms with Crippen LogP contribution in [-0.4, -0.2) is 12.0 Å². The van der Waals surface area contributed by atoms with Crippen LogP contribution in [0.2, 0.25) is 0 Å². The molecule has 0 aliphatic heterocycles. The quantitative estimate of drug-likeness (QED) is 0.771. The van der Waals surface area contributed by atoms with Crippen molar-refractivity contribution in [2.45, 2.75) is 26.3 Å². The SMILES string of the molecule is CNC(Cc1nc(C)c(C)s1)c1ccc2ccccc2c1. The van der Waals surface area contributed by atoms with E-state index >= 15 is 0 Å². The first-order chi connectivity index (χ1) is 10.2. The van der Waals surface area contributed by atoms with Gasteiger partial charge in [0.25, 0.3) is 0 Å². The van der Waals surface area contributed by atoms with E-state index in [9.17, 15) is 0 Å². The highest BCUT2D eigenvalue weighted by Crippen LogP contribution is 2.25. The summed E-state index contributed by atoms with van der Waals surface area (Å²) in [4.78, 5) is 5.98. The van der Waals surface area contributed by atoms with E-state index in [1.807, 2.05) is 7.05 Å². The summed E-state index contributed by atoms with van der Waals surface area (Å²) in [6.45, 7) is 4.22. The molecule has 2 aromatic carbocycles. The smallest absolute Gasteiger partial charge is 0.0949 e. The topological polar surface area (TPSA) is 24.9 Å². The van der Waals surface area contributed by atoms with E-state index < -0.39 is 0 Å². The predicted octanol–water partition coefficient (Wildman–Crippen LogP) is 4.42. The zero-order chi connectivity index (χ0) is 14.8. The number of benzene rings is 2. The van der Waals surface area contributed by atoms with Crippen LogP contribution in [0.3, 0.4) is 0 Å². The third-order valence-corrected chi connectivity index (χ3v) is 5.07. The average Bonchev–Trinajstić information content (AvgIpc) is 2.82. The minimum Gasteiger partial charge on any atom is -0.313 e. The van der Waals surface area contributed by atoms with Crippen molar-refractivity contribution in [3.05, 3.63) is 63.6 Å². The molecule has 0 amide bonds. The fraction of sp³-hybridized carbons (Fsp3) is 0.278. The van der Waals surface area contributed by atoms with Crippen LogP contribution in [-0.2, 0) is 6.42 Å². The minimum absolute atomic E-state index is 0.305. The van der Waals surface area contributed by atoms with Crippen molar-refractivity contribution in [2.24, 2.45) is 0 Å². The zero-order valence-electron chi connectivity index (χ0n) is 12.7. The van der Waals surface area contributed by atoms with Crippen LogP contribution < -0.4 is 5.32 Å². The number of nitrogens with one attached hydrogen (secondary N) is 1. The summed E-state index contributed by atoms with van der Waals surface area (Å²) in [5.41, 5.74) is 2.48. The van der Waals surface area contributed by atoms with E-state index in [2.05, 4.69) is 66.6 Å². The summed E-state index contributed by atoms with van der Waals surface area (Å²) in [5, 5.41) is 7.22. The molecular formula is C18H20N2S. The van der Waals surface area contributed by atoms with Gasteiger partial charge in [0, 0.05) is 17.3 Å². The molecule has 0 fully saturated rings. The van der Waals surface area contributed by atoms with E-state index in [0.717, 1.165) is 12.1 Å². The molecule has 3 heteroatoms. The molecule has 0 saturated carbocycles. The Morgan fingerprint density at radius 1 is 1.10 bits per heavy atom. The highest BCUT2D eigenvalue weighted by molar-refractivity contribution is 7.11. The van der Waals surface area contributed by atoms with Crippen LogP contribution in [0.4, 0.5) is 0 Å². The third kappa shape index (κ3) is 2.99. The third-order valence-electron chi connectivity index (χ3n) is 3.98. The second kappa shape index (κ2) is 5.96. The summed E-state index contributed by atoms with van der Waals surface area (Å²) < 4.78 is 0. The number of aromatic nitrogens is 1. The molecule has 3 aromatic rings. The lowest BCUT2D eigenvalue weighted by Gasteiger charge is -2.16. The monoisotopic (exact) mass is 296 g/mol. The normalized spacial score (nSPS) is 12.7. The van der Waals surface area contributed by atoms with E-state index in [0.29, 0.717) is 6.04 Å². The Labute approximate surface area is 129 Å². The standard InChI is InChI=1S/C18H20N2S/c1-12-13(2)21-18(20-12)11-17(19-3)16-9-8-14-6-4-5-7-15(14)10-16/h4-10,17,19H,11H2,1-3H3. The maximum Gasteiger partial charge on any atom is 0.0949 e. The van der Waals surface area contributed by atoms with E-state index in [-0.39, 0.29) is 0 Å². The van der Waals surface area contributed by atoms with Gasteiger partial charge in [-0.3, -0.25) is 0 Å². The summed E-state index contributed by atoms with van der Waals surface area (Å²) in [6, 6.07) is 15.5. The molecule has 0 aliphatic rings. The highest BCUT2D eigenvalue weighted by Gasteiger charge is 2.14. The van der Waals surface area contributed by atoms with Gasteiger partial charge in [-0.1, -0.05) is 36.4 Å². The van der Waals surface area contributed by atoms with E-state index in [4.69, 9.17) is 0 Å². The van der Waals surface area contributed by atoms with Crippen molar-refractivity contribution < 1.29 is 0 Å². The number of likely N-dealkylation sites (N-methyl/N-ethyl adjacent to an activating group) is 1. The molecule has 1 unspecified atom stereocenters. The maximum atomic E-state index is 4.66. The molecule has 2 nitrogen and oxygen atoms in total. The highest BCUT2D eigenvalue weighted by atomic mass is 32.1. The molecular weight excluding hydrogens is 276 g/mol. The van der Waals surface area contributed by atoms with Gasteiger partial charge in [0.1, 0.15) is 0 Å². The molecule has 0 aliphatic carbocycles. The predicted molar refractivity (Wildman–Crippen MR) is 91.0 cm³/mol. The Kier molecular flexibility index (Phi) is 4.04. The van der Waals surface area contributed by atoms with Gasteiger partial charge in [-0.25, -0.2) is 4.98 Å². The van der Waals surface area contributed by atoms with Crippen LogP contribution in [0, 0.1) is 13.8 Å². The number of rotatable bonds is 4. The zero-order valence-corrected chi connectivity index (χ0v) is 13.5. The summed E-state index contributed by atoms with van der Waals surface area (Å²) in [6.07, 6.45) is 0.939. The number of thiazole rings is 1. The van der Waals surface area contributed by atoms with Crippen molar-refractivity contribution in [1.82, 2.24) is 10.3 Å². The van der Waals surface area contributed by atoms with Gasteiger partial charge in [-0.15, -0.1) is 11.3 Å². The fourth-order valence-electron chi connectivity index (χ4n) is 2.61. The van der Waals surface area contributed by atoms with Crippen LogP contribution >= 0.6 is 11.3 Å². The first kappa shape index (κ1) is 14.2. The van der Waals surface area contributed by atoms with E-state index in [1.54, 1.807) is 11.3 Å². The number of fused-ring (bicyclic) bond motifs is 1. The Bertz CT molecular complexity index is 741. The number of hydrogen-bond donors (Lipinski definition) is 1. The fourth-order valence-corrected chi connectivity index (χ4v) is 3.59. The lowest BCUT2D eigenvalue weighted by atomic mass is 10.00. The molecule has 1 atom stereocenters. The minimum atomic E-state index is 0.305. The molecule has 1 heterocycles. The molecule has 0 radical (unpaired) electrons. The molecule has 1 aromatic heterocycles. The molecule has 0 spiro atoms. The Hall–Kier alpha value is -1.71. The first-order valence-corrected chi connectivity index (χ1v) is 8.08. The van der Waals surface area contributed by atoms with Gasteiger partial charge in [-0.2, -0.15) is 0 Å². The number of nitrogens with zero attached hydrogens (tertiary/aromatic N) is 1. The molecule has 1 N–H and O–H groups in total. The van der Waals surface area contributed by atoms with Gasteiger partial charge < -0.3 is 5.32 Å². The largest absolute Gasteiger partial charge is 0.313 e. The van der Waals surface area contributed by atoms with Crippen molar-refractivity contribution in [2.75, 3.05) is 7.05 Å². The van der Waals surface area contributed by atoms with Crippen molar-refractivity contribution in [3.8, 4) is 0 Å². The van der Waals surface area contributed by atoms with Gasteiger partial charge in [0.15, 0.2) is 0 Å². The van der Waals surface area contributed by atoms with Crippen LogP contribution in [0.25, 0.3) is 10.8 Å². The number of hydrogen-bond acceptors (Lipinski definition) is 3. The molecule has 108 valence electrons. The van der Waals surface area contributed by atoms with Gasteiger partial charge in [-0.05, 0) is 43.3 Å². The first-order valence-electron chi connectivity index (χ1n) is 7.26. The summed E-state index contributed by atoms with van der Waals surface area (Å²) in [7, 11) is 2.02. The lowest BCUT2D eigenvalue weighted by Crippen LogP contribution is -2.18.